The predicted molar refractivity (Wildman–Crippen MR) is 231 cm³/mol. The molecule has 0 saturated carbocycles. The Morgan fingerprint density at radius 1 is 0.431 bits per heavy atom. The van der Waals surface area contributed by atoms with Crippen molar-refractivity contribution in [1.29, 1.82) is 5.26 Å². The Hall–Kier alpha value is -7.36. The van der Waals surface area contributed by atoms with Gasteiger partial charge in [-0.25, -0.2) is 0 Å². The molecule has 0 aliphatic rings. The number of nitriles is 1. The smallest absolute Gasteiger partial charge is 0.309 e. The first-order chi connectivity index (χ1) is 28.2. The van der Waals surface area contributed by atoms with Crippen molar-refractivity contribution in [3.05, 3.63) is 192 Å². The summed E-state index contributed by atoms with van der Waals surface area (Å²) in [5.74, 6) is 0. The Labute approximate surface area is 333 Å². The number of rotatable bonds is 5. The van der Waals surface area contributed by atoms with Crippen LogP contribution in [-0.2, 0) is 6.18 Å². The molecule has 0 unspecified atom stereocenters. The minimum atomic E-state index is -4.64. The quantitative estimate of drug-likeness (QED) is 0.172. The Morgan fingerprint density at radius 2 is 0.879 bits per heavy atom. The van der Waals surface area contributed by atoms with Crippen molar-refractivity contribution in [3.8, 4) is 50.8 Å². The standard InChI is InChI=1S/C52H34F3N3/c1-32-15-19-34(20-16-32)36-23-25-42-40-10-4-7-13-46(40)57(49(42)27-36)48-30-44(39-9-3-6-12-45(39)52(53,54)55)51(29-38(48)31-56)58-47-14-8-5-11-41(47)43-26-24-37(28-50(43)58)35-21-17-33(2)18-22-35/h3-30H,1-2H3. The number of aryl methyl sites for hydroxylation is 2. The molecule has 58 heavy (non-hydrogen) atoms. The Bertz CT molecular complexity index is 3290. The van der Waals surface area contributed by atoms with E-state index < -0.39 is 11.7 Å². The average Bonchev–Trinajstić information content (AvgIpc) is 3.75. The van der Waals surface area contributed by atoms with Crippen LogP contribution >= 0.6 is 0 Å². The number of hydrogen-bond donors (Lipinski definition) is 0. The van der Waals surface area contributed by atoms with E-state index in [-0.39, 0.29) is 5.56 Å². The number of aromatic nitrogens is 2. The van der Waals surface area contributed by atoms with Crippen LogP contribution in [0.3, 0.4) is 0 Å². The van der Waals surface area contributed by atoms with E-state index in [0.717, 1.165) is 83.1 Å². The first-order valence-corrected chi connectivity index (χ1v) is 19.1. The Kier molecular flexibility index (Phi) is 8.10. The molecule has 0 bridgehead atoms. The molecule has 0 N–H and O–H groups in total. The van der Waals surface area contributed by atoms with Crippen molar-refractivity contribution < 1.29 is 13.2 Å². The molecule has 2 heterocycles. The van der Waals surface area contributed by atoms with Crippen LogP contribution in [0.4, 0.5) is 13.2 Å². The zero-order valence-corrected chi connectivity index (χ0v) is 31.6. The molecule has 2 aromatic heterocycles. The number of alkyl halides is 3. The summed E-state index contributed by atoms with van der Waals surface area (Å²) in [5.41, 5.74) is 10.6. The zero-order chi connectivity index (χ0) is 39.7. The second-order valence-electron chi connectivity index (χ2n) is 14.9. The Balaban J connectivity index is 1.33. The fourth-order valence-corrected chi connectivity index (χ4v) is 8.53. The molecule has 0 spiro atoms. The third-order valence-electron chi connectivity index (χ3n) is 11.4. The van der Waals surface area contributed by atoms with Gasteiger partial charge in [-0.15, -0.1) is 0 Å². The predicted octanol–water partition coefficient (Wildman–Crippen LogP) is 14.4. The van der Waals surface area contributed by atoms with Crippen molar-refractivity contribution in [2.24, 2.45) is 0 Å². The summed E-state index contributed by atoms with van der Waals surface area (Å²) in [6, 6.07) is 56.8. The number of nitrogens with zero attached hydrogens (tertiary/aromatic N) is 3. The maximum atomic E-state index is 15.1. The van der Waals surface area contributed by atoms with Crippen molar-refractivity contribution in [3.63, 3.8) is 0 Å². The van der Waals surface area contributed by atoms with Crippen molar-refractivity contribution in [2.45, 2.75) is 20.0 Å². The normalized spacial score (nSPS) is 11.9. The van der Waals surface area contributed by atoms with Crippen LogP contribution in [0.1, 0.15) is 22.3 Å². The minimum Gasteiger partial charge on any atom is -0.309 e. The highest BCUT2D eigenvalue weighted by molar-refractivity contribution is 6.12. The number of halogens is 3. The van der Waals surface area contributed by atoms with E-state index in [1.165, 1.54) is 12.1 Å². The van der Waals surface area contributed by atoms with Gasteiger partial charge >= 0.3 is 6.18 Å². The maximum absolute atomic E-state index is 15.1. The minimum absolute atomic E-state index is 0.0254. The number of para-hydroxylation sites is 2. The van der Waals surface area contributed by atoms with Gasteiger partial charge in [0.2, 0.25) is 0 Å². The summed E-state index contributed by atoms with van der Waals surface area (Å²) >= 11 is 0. The molecule has 3 nitrogen and oxygen atoms in total. The van der Waals surface area contributed by atoms with Crippen LogP contribution in [0.2, 0.25) is 0 Å². The lowest BCUT2D eigenvalue weighted by Crippen LogP contribution is -2.09. The van der Waals surface area contributed by atoms with E-state index in [4.69, 9.17) is 0 Å². The lowest BCUT2D eigenvalue weighted by molar-refractivity contribution is -0.137. The van der Waals surface area contributed by atoms with Gasteiger partial charge < -0.3 is 9.13 Å². The second-order valence-corrected chi connectivity index (χ2v) is 14.9. The first-order valence-electron chi connectivity index (χ1n) is 19.1. The SMILES string of the molecule is Cc1ccc(-c2ccc3c4ccccc4n(-c4cc(-c5ccccc5C(F)(F)F)c(-n5c6ccccc6c6ccc(-c7ccc(C)cc7)cc65)cc4C#N)c3c2)cc1. The second kappa shape index (κ2) is 13.4. The fourth-order valence-electron chi connectivity index (χ4n) is 8.53. The highest BCUT2D eigenvalue weighted by atomic mass is 19.4. The van der Waals surface area contributed by atoms with Crippen LogP contribution < -0.4 is 0 Å². The topological polar surface area (TPSA) is 33.6 Å². The van der Waals surface area contributed by atoms with Gasteiger partial charge in [0.05, 0.1) is 44.6 Å². The molecule has 0 aliphatic carbocycles. The van der Waals surface area contributed by atoms with Crippen molar-refractivity contribution in [1.82, 2.24) is 9.13 Å². The summed E-state index contributed by atoms with van der Waals surface area (Å²) in [4.78, 5) is 0. The molecule has 0 atom stereocenters. The van der Waals surface area contributed by atoms with Crippen molar-refractivity contribution >= 4 is 43.6 Å². The highest BCUT2D eigenvalue weighted by Crippen LogP contribution is 2.45. The van der Waals surface area contributed by atoms with E-state index in [9.17, 15) is 5.26 Å². The molecule has 278 valence electrons. The van der Waals surface area contributed by atoms with Gasteiger partial charge in [0.15, 0.2) is 0 Å². The van der Waals surface area contributed by atoms with Crippen LogP contribution in [0.15, 0.2) is 170 Å². The van der Waals surface area contributed by atoms with Gasteiger partial charge in [0.1, 0.15) is 6.07 Å². The highest BCUT2D eigenvalue weighted by Gasteiger charge is 2.35. The van der Waals surface area contributed by atoms with E-state index in [0.29, 0.717) is 22.5 Å². The zero-order valence-electron chi connectivity index (χ0n) is 31.6. The number of hydrogen-bond acceptors (Lipinski definition) is 1. The molecular formula is C52H34F3N3. The van der Waals surface area contributed by atoms with Crippen LogP contribution in [0, 0.1) is 25.2 Å². The van der Waals surface area contributed by atoms with E-state index in [1.807, 2.05) is 64.6 Å². The third kappa shape index (κ3) is 5.66. The summed E-state index contributed by atoms with van der Waals surface area (Å²) in [7, 11) is 0. The van der Waals surface area contributed by atoms with Gasteiger partial charge in [-0.05, 0) is 84.1 Å². The maximum Gasteiger partial charge on any atom is 0.417 e. The molecule has 10 rings (SSSR count). The molecule has 0 saturated heterocycles. The van der Waals surface area contributed by atoms with E-state index >= 15 is 13.2 Å². The van der Waals surface area contributed by atoms with Gasteiger partial charge in [-0.2, -0.15) is 18.4 Å². The third-order valence-corrected chi connectivity index (χ3v) is 11.4. The average molecular weight is 758 g/mol. The van der Waals surface area contributed by atoms with Gasteiger partial charge in [0.25, 0.3) is 0 Å². The molecule has 6 heteroatoms. The molecular weight excluding hydrogens is 724 g/mol. The summed E-state index contributed by atoms with van der Waals surface area (Å²) in [6.45, 7) is 4.10. The lowest BCUT2D eigenvalue weighted by atomic mass is 9.95. The number of benzene rings is 8. The Morgan fingerprint density at radius 3 is 1.40 bits per heavy atom. The molecule has 0 fully saturated rings. The molecule has 0 amide bonds. The molecule has 10 aromatic rings. The molecule has 0 radical (unpaired) electrons. The summed E-state index contributed by atoms with van der Waals surface area (Å²) < 4.78 is 49.3. The van der Waals surface area contributed by atoms with Crippen LogP contribution in [0.25, 0.3) is 88.4 Å². The first kappa shape index (κ1) is 35.1. The van der Waals surface area contributed by atoms with Gasteiger partial charge in [-0.1, -0.05) is 139 Å². The largest absolute Gasteiger partial charge is 0.417 e. The molecule has 0 aliphatic heterocycles. The lowest BCUT2D eigenvalue weighted by Gasteiger charge is -2.21. The molecule has 8 aromatic carbocycles. The van der Waals surface area contributed by atoms with Crippen molar-refractivity contribution in [2.75, 3.05) is 0 Å². The van der Waals surface area contributed by atoms with E-state index in [2.05, 4.69) is 97.9 Å². The van der Waals surface area contributed by atoms with E-state index in [1.54, 1.807) is 18.2 Å². The summed E-state index contributed by atoms with van der Waals surface area (Å²) in [5, 5.41) is 14.9. The summed E-state index contributed by atoms with van der Waals surface area (Å²) in [6.07, 6.45) is -4.64. The number of fused-ring (bicyclic) bond motifs is 6. The van der Waals surface area contributed by atoms with Gasteiger partial charge in [0, 0.05) is 27.1 Å². The fraction of sp³-hybridized carbons (Fsp3) is 0.0577. The van der Waals surface area contributed by atoms with Crippen LogP contribution in [0.5, 0.6) is 0 Å². The van der Waals surface area contributed by atoms with Gasteiger partial charge in [-0.3, -0.25) is 0 Å². The van der Waals surface area contributed by atoms with Crippen LogP contribution in [-0.4, -0.2) is 9.13 Å². The monoisotopic (exact) mass is 757 g/mol.